The molecule has 168 valence electrons. The van der Waals surface area contributed by atoms with Gasteiger partial charge in [0.2, 0.25) is 0 Å². The highest BCUT2D eigenvalue weighted by Crippen LogP contribution is 2.40. The smallest absolute Gasteiger partial charge is 0.399 e. The van der Waals surface area contributed by atoms with Crippen LogP contribution in [0.3, 0.4) is 0 Å². The number of thiophene rings is 1. The molecule has 6 rings (SSSR count). The Morgan fingerprint density at radius 2 is 1.21 bits per heavy atom. The molecule has 4 aromatic carbocycles. The largest absolute Gasteiger partial charge is 0.496 e. The highest BCUT2D eigenvalue weighted by Gasteiger charge is 2.52. The lowest BCUT2D eigenvalue weighted by Gasteiger charge is -2.32. The highest BCUT2D eigenvalue weighted by molar-refractivity contribution is 7.27. The van der Waals surface area contributed by atoms with Crippen molar-refractivity contribution < 1.29 is 9.31 Å². The van der Waals surface area contributed by atoms with E-state index < -0.39 is 0 Å². The molecule has 1 saturated heterocycles. The molecule has 0 aliphatic carbocycles. The van der Waals surface area contributed by atoms with Gasteiger partial charge in [-0.05, 0) is 73.5 Å². The maximum atomic E-state index is 6.39. The predicted molar refractivity (Wildman–Crippen MR) is 146 cm³/mol. The van der Waals surface area contributed by atoms with Gasteiger partial charge in [-0.1, -0.05) is 72.8 Å². The summed E-state index contributed by atoms with van der Waals surface area (Å²) in [7, 11) is -0.358. The van der Waals surface area contributed by atoms with Crippen LogP contribution in [0.4, 0.5) is 0 Å². The first-order valence-corrected chi connectivity index (χ1v) is 12.6. The summed E-state index contributed by atoms with van der Waals surface area (Å²) in [6.07, 6.45) is 0. The summed E-state index contributed by atoms with van der Waals surface area (Å²) < 4.78 is 15.3. The van der Waals surface area contributed by atoms with Crippen molar-refractivity contribution in [2.45, 2.75) is 38.9 Å². The molecule has 1 aliphatic heterocycles. The molecule has 1 aromatic heterocycles. The summed E-state index contributed by atoms with van der Waals surface area (Å²) >= 11 is 1.82. The van der Waals surface area contributed by atoms with Gasteiger partial charge in [0, 0.05) is 20.2 Å². The molecule has 1 aliphatic rings. The summed E-state index contributed by atoms with van der Waals surface area (Å²) in [6, 6.07) is 32.6. The maximum Gasteiger partial charge on any atom is 0.496 e. The van der Waals surface area contributed by atoms with Crippen LogP contribution >= 0.6 is 11.3 Å². The molecule has 0 atom stereocenters. The third kappa shape index (κ3) is 3.49. The van der Waals surface area contributed by atoms with Crippen LogP contribution in [0.2, 0.25) is 0 Å². The van der Waals surface area contributed by atoms with Crippen LogP contribution in [0, 0.1) is 0 Å². The molecular formula is C30H27BO2S. The summed E-state index contributed by atoms with van der Waals surface area (Å²) in [6.45, 7) is 8.42. The van der Waals surface area contributed by atoms with Crippen molar-refractivity contribution in [1.29, 1.82) is 0 Å². The van der Waals surface area contributed by atoms with Crippen LogP contribution in [-0.2, 0) is 9.31 Å². The Labute approximate surface area is 205 Å². The number of benzene rings is 4. The second-order valence-electron chi connectivity index (χ2n) is 10.1. The molecule has 1 fully saturated rings. The minimum absolute atomic E-state index is 0.354. The van der Waals surface area contributed by atoms with E-state index in [0.717, 1.165) is 5.46 Å². The fraction of sp³-hybridized carbons (Fsp3) is 0.200. The predicted octanol–water partition coefficient (Wildman–Crippen LogP) is 7.69. The van der Waals surface area contributed by atoms with E-state index in [1.54, 1.807) is 0 Å². The third-order valence-corrected chi connectivity index (χ3v) is 8.57. The van der Waals surface area contributed by atoms with E-state index >= 15 is 0 Å². The van der Waals surface area contributed by atoms with E-state index in [9.17, 15) is 0 Å². The molecule has 34 heavy (non-hydrogen) atoms. The Morgan fingerprint density at radius 3 is 1.94 bits per heavy atom. The van der Waals surface area contributed by atoms with Crippen LogP contribution in [0.25, 0.3) is 42.4 Å². The fourth-order valence-corrected chi connectivity index (χ4v) is 5.87. The molecule has 0 unspecified atom stereocenters. The first-order chi connectivity index (χ1) is 16.3. The quantitative estimate of drug-likeness (QED) is 0.256. The van der Waals surface area contributed by atoms with Gasteiger partial charge >= 0.3 is 7.12 Å². The van der Waals surface area contributed by atoms with Crippen LogP contribution in [0.15, 0.2) is 91.0 Å². The van der Waals surface area contributed by atoms with E-state index in [1.807, 2.05) is 11.3 Å². The molecule has 0 N–H and O–H groups in total. The average molecular weight is 462 g/mol. The Hall–Kier alpha value is -2.92. The van der Waals surface area contributed by atoms with Gasteiger partial charge < -0.3 is 9.31 Å². The Balaban J connectivity index is 1.44. The molecule has 0 spiro atoms. The molecular weight excluding hydrogens is 435 g/mol. The lowest BCUT2D eigenvalue weighted by atomic mass is 9.78. The van der Waals surface area contributed by atoms with Crippen molar-refractivity contribution in [3.63, 3.8) is 0 Å². The van der Waals surface area contributed by atoms with Crippen molar-refractivity contribution in [2.75, 3.05) is 0 Å². The van der Waals surface area contributed by atoms with Crippen molar-refractivity contribution in [3.8, 4) is 22.3 Å². The van der Waals surface area contributed by atoms with Gasteiger partial charge in [0.1, 0.15) is 0 Å². The van der Waals surface area contributed by atoms with E-state index in [4.69, 9.17) is 9.31 Å². The number of hydrogen-bond donors (Lipinski definition) is 0. The Bertz CT molecular complexity index is 1500. The van der Waals surface area contributed by atoms with Crippen LogP contribution in [0.5, 0.6) is 0 Å². The van der Waals surface area contributed by atoms with Crippen LogP contribution < -0.4 is 5.46 Å². The van der Waals surface area contributed by atoms with Gasteiger partial charge in [-0.2, -0.15) is 0 Å². The maximum absolute atomic E-state index is 6.39. The minimum Gasteiger partial charge on any atom is -0.399 e. The molecule has 4 heteroatoms. The topological polar surface area (TPSA) is 18.5 Å². The molecule has 0 saturated carbocycles. The standard InChI is InChI=1S/C30H27BO2S/c1-29(2)30(3,4)33-31(32-29)26-15-9-14-24-25-19-23(16-17-27(25)34-28(24)26)22-13-8-12-21(18-22)20-10-6-5-7-11-20/h5-19H,1-4H3. The summed E-state index contributed by atoms with van der Waals surface area (Å²) in [4.78, 5) is 0. The lowest BCUT2D eigenvalue weighted by Crippen LogP contribution is -2.41. The second kappa shape index (κ2) is 7.81. The van der Waals surface area contributed by atoms with Gasteiger partial charge in [0.25, 0.3) is 0 Å². The fourth-order valence-electron chi connectivity index (χ4n) is 4.66. The first-order valence-electron chi connectivity index (χ1n) is 11.8. The zero-order valence-corrected chi connectivity index (χ0v) is 20.8. The second-order valence-corrected chi connectivity index (χ2v) is 11.1. The number of fused-ring (bicyclic) bond motifs is 3. The van der Waals surface area contributed by atoms with Gasteiger partial charge in [0.15, 0.2) is 0 Å². The zero-order chi connectivity index (χ0) is 23.5. The van der Waals surface area contributed by atoms with Crippen molar-refractivity contribution in [2.24, 2.45) is 0 Å². The molecule has 0 radical (unpaired) electrons. The normalized spacial score (nSPS) is 17.0. The molecule has 5 aromatic rings. The number of hydrogen-bond acceptors (Lipinski definition) is 3. The highest BCUT2D eigenvalue weighted by atomic mass is 32.1. The molecule has 2 nitrogen and oxygen atoms in total. The minimum atomic E-state index is -0.358. The van der Waals surface area contributed by atoms with E-state index in [-0.39, 0.29) is 18.3 Å². The summed E-state index contributed by atoms with van der Waals surface area (Å²) in [5.74, 6) is 0. The van der Waals surface area contributed by atoms with Crippen molar-refractivity contribution in [1.82, 2.24) is 0 Å². The van der Waals surface area contributed by atoms with E-state index in [0.29, 0.717) is 0 Å². The Morgan fingerprint density at radius 1 is 0.588 bits per heavy atom. The molecule has 0 bridgehead atoms. The summed E-state index contributed by atoms with van der Waals surface area (Å²) in [5, 5.41) is 2.54. The summed E-state index contributed by atoms with van der Waals surface area (Å²) in [5.41, 5.74) is 5.33. The first kappa shape index (κ1) is 21.6. The van der Waals surface area contributed by atoms with Gasteiger partial charge in [-0.15, -0.1) is 11.3 Å². The third-order valence-electron chi connectivity index (χ3n) is 7.34. The SMILES string of the molecule is CC1(C)OB(c2cccc3c2sc2ccc(-c4cccc(-c5ccccc5)c4)cc23)OC1(C)C. The monoisotopic (exact) mass is 462 g/mol. The van der Waals surface area contributed by atoms with Gasteiger partial charge in [-0.25, -0.2) is 0 Å². The lowest BCUT2D eigenvalue weighted by molar-refractivity contribution is 0.00578. The number of rotatable bonds is 3. The van der Waals surface area contributed by atoms with Crippen molar-refractivity contribution in [3.05, 3.63) is 91.0 Å². The average Bonchev–Trinajstić information content (AvgIpc) is 3.32. The van der Waals surface area contributed by atoms with Gasteiger partial charge in [0.05, 0.1) is 11.2 Å². The van der Waals surface area contributed by atoms with Gasteiger partial charge in [-0.3, -0.25) is 0 Å². The Kier molecular flexibility index (Phi) is 4.96. The molecule has 0 amide bonds. The van der Waals surface area contributed by atoms with Crippen LogP contribution in [-0.4, -0.2) is 18.3 Å². The zero-order valence-electron chi connectivity index (χ0n) is 20.0. The van der Waals surface area contributed by atoms with Crippen LogP contribution in [0.1, 0.15) is 27.7 Å². The molecule has 2 heterocycles. The van der Waals surface area contributed by atoms with E-state index in [2.05, 4.69) is 119 Å². The van der Waals surface area contributed by atoms with Crippen molar-refractivity contribution >= 4 is 44.1 Å². The van der Waals surface area contributed by atoms with E-state index in [1.165, 1.54) is 42.4 Å².